The van der Waals surface area contributed by atoms with Gasteiger partial charge in [-0.1, -0.05) is 54.6 Å². The van der Waals surface area contributed by atoms with Crippen molar-refractivity contribution in [2.45, 2.75) is 44.4 Å². The average molecular weight is 412 g/mol. The standard InChI is InChI=1S/C25H27F3N2/c1-18-21-11-7-8-12-22(21)30(25(26,27)28)23(18)20-13-15-24(16-14-20,29(2)3)17-19-9-5-4-6-10-19/h4-13H,14-17H2,1-3H3. The number of benzene rings is 2. The highest BCUT2D eigenvalue weighted by Gasteiger charge is 2.39. The number of aromatic nitrogens is 1. The first-order valence-electron chi connectivity index (χ1n) is 10.3. The topological polar surface area (TPSA) is 8.17 Å². The Morgan fingerprint density at radius 3 is 2.27 bits per heavy atom. The van der Waals surface area contributed by atoms with Crippen LogP contribution in [-0.2, 0) is 12.7 Å². The Morgan fingerprint density at radius 1 is 1.00 bits per heavy atom. The molecule has 1 aliphatic rings. The normalized spacial score (nSPS) is 20.0. The van der Waals surface area contributed by atoms with Gasteiger partial charge in [0.1, 0.15) is 0 Å². The number of fused-ring (bicyclic) bond motifs is 1. The molecule has 0 N–H and O–H groups in total. The van der Waals surface area contributed by atoms with Crippen molar-refractivity contribution >= 4 is 16.5 Å². The van der Waals surface area contributed by atoms with Crippen LogP contribution in [0.5, 0.6) is 0 Å². The lowest BCUT2D eigenvalue weighted by molar-refractivity contribution is -0.201. The Balaban J connectivity index is 1.76. The Bertz CT molecular complexity index is 1080. The SMILES string of the molecule is Cc1c(C2=CCC(Cc3ccccc3)(N(C)C)CC2)n(C(F)(F)F)c2ccccc12. The van der Waals surface area contributed by atoms with E-state index in [9.17, 15) is 13.2 Å². The van der Waals surface area contributed by atoms with E-state index in [0.29, 0.717) is 27.6 Å². The Morgan fingerprint density at radius 2 is 1.67 bits per heavy atom. The molecule has 0 amide bonds. The van der Waals surface area contributed by atoms with Gasteiger partial charge in [-0.3, -0.25) is 4.57 Å². The minimum atomic E-state index is -4.45. The summed E-state index contributed by atoms with van der Waals surface area (Å²) in [5, 5.41) is 0.666. The number of likely N-dealkylation sites (N-methyl/N-ethyl adjacent to an activating group) is 1. The first-order valence-corrected chi connectivity index (χ1v) is 10.3. The number of hydrogen-bond acceptors (Lipinski definition) is 1. The first kappa shape index (κ1) is 20.7. The molecule has 0 saturated carbocycles. The molecular weight excluding hydrogens is 385 g/mol. The maximum Gasteiger partial charge on any atom is 0.489 e. The molecule has 158 valence electrons. The molecule has 3 aromatic rings. The van der Waals surface area contributed by atoms with Gasteiger partial charge in [0.25, 0.3) is 0 Å². The third-order valence-electron chi connectivity index (χ3n) is 6.60. The molecule has 30 heavy (non-hydrogen) atoms. The number of allylic oxidation sites excluding steroid dienone is 1. The third kappa shape index (κ3) is 3.56. The molecule has 0 spiro atoms. The predicted molar refractivity (Wildman–Crippen MR) is 116 cm³/mol. The van der Waals surface area contributed by atoms with Gasteiger partial charge in [-0.2, -0.15) is 0 Å². The second-order valence-corrected chi connectivity index (χ2v) is 8.51. The van der Waals surface area contributed by atoms with Gasteiger partial charge < -0.3 is 4.90 Å². The Hall–Kier alpha value is -2.53. The van der Waals surface area contributed by atoms with E-state index in [-0.39, 0.29) is 11.1 Å². The molecule has 1 aliphatic carbocycles. The number of halogens is 3. The predicted octanol–water partition coefficient (Wildman–Crippen LogP) is 6.54. The summed E-state index contributed by atoms with van der Waals surface area (Å²) in [6.07, 6.45) is 0.632. The monoisotopic (exact) mass is 412 g/mol. The molecule has 0 saturated heterocycles. The van der Waals surface area contributed by atoms with Crippen LogP contribution in [0.15, 0.2) is 60.7 Å². The van der Waals surface area contributed by atoms with Crippen molar-refractivity contribution in [3.63, 3.8) is 0 Å². The molecule has 0 fully saturated rings. The zero-order chi connectivity index (χ0) is 21.5. The summed E-state index contributed by atoms with van der Waals surface area (Å²) in [7, 11) is 4.14. The van der Waals surface area contributed by atoms with E-state index < -0.39 is 6.30 Å². The van der Waals surface area contributed by atoms with Crippen molar-refractivity contribution in [1.29, 1.82) is 0 Å². The lowest BCUT2D eigenvalue weighted by Crippen LogP contribution is -2.47. The molecule has 4 rings (SSSR count). The molecule has 5 heteroatoms. The molecule has 2 nitrogen and oxygen atoms in total. The summed E-state index contributed by atoms with van der Waals surface area (Å²) in [4.78, 5) is 2.24. The van der Waals surface area contributed by atoms with Crippen molar-refractivity contribution in [3.8, 4) is 0 Å². The average Bonchev–Trinajstić information content (AvgIpc) is 3.02. The molecule has 1 aromatic heterocycles. The molecule has 1 unspecified atom stereocenters. The van der Waals surface area contributed by atoms with Crippen molar-refractivity contribution in [2.24, 2.45) is 0 Å². The third-order valence-corrected chi connectivity index (χ3v) is 6.60. The fourth-order valence-electron chi connectivity index (χ4n) is 4.85. The van der Waals surface area contributed by atoms with Crippen LogP contribution < -0.4 is 0 Å². The van der Waals surface area contributed by atoms with Gasteiger partial charge >= 0.3 is 6.30 Å². The van der Waals surface area contributed by atoms with Gasteiger partial charge in [0.15, 0.2) is 0 Å². The Labute approximate surface area is 175 Å². The Kier molecular flexibility index (Phi) is 5.27. The summed E-state index contributed by atoms with van der Waals surface area (Å²) in [5.74, 6) is 0. The highest BCUT2D eigenvalue weighted by atomic mass is 19.4. The summed E-state index contributed by atoms with van der Waals surface area (Å²) >= 11 is 0. The second-order valence-electron chi connectivity index (χ2n) is 8.51. The maximum atomic E-state index is 14.0. The van der Waals surface area contributed by atoms with Crippen LogP contribution in [0.25, 0.3) is 16.5 Å². The smallest absolute Gasteiger partial charge is 0.303 e. The van der Waals surface area contributed by atoms with Gasteiger partial charge in [0.2, 0.25) is 0 Å². The lowest BCUT2D eigenvalue weighted by Gasteiger charge is -2.43. The maximum absolute atomic E-state index is 14.0. The fraction of sp³-hybridized carbons (Fsp3) is 0.360. The van der Waals surface area contributed by atoms with Gasteiger partial charge in [-0.25, -0.2) is 0 Å². The molecule has 0 aliphatic heterocycles. The van der Waals surface area contributed by atoms with Crippen molar-refractivity contribution < 1.29 is 13.2 Å². The summed E-state index contributed by atoms with van der Waals surface area (Å²) in [5.41, 5.74) is 3.21. The van der Waals surface area contributed by atoms with Crippen molar-refractivity contribution in [3.05, 3.63) is 77.5 Å². The van der Waals surface area contributed by atoms with Gasteiger partial charge in [-0.05, 0) is 69.5 Å². The number of aryl methyl sites for hydroxylation is 1. The fourth-order valence-corrected chi connectivity index (χ4v) is 4.85. The van der Waals surface area contributed by atoms with Crippen LogP contribution in [0.1, 0.15) is 36.1 Å². The van der Waals surface area contributed by atoms with E-state index in [1.807, 2.05) is 24.3 Å². The van der Waals surface area contributed by atoms with Crippen LogP contribution in [0.4, 0.5) is 13.2 Å². The van der Waals surface area contributed by atoms with Crippen LogP contribution in [0.3, 0.4) is 0 Å². The number of alkyl halides is 3. The highest BCUT2D eigenvalue weighted by molar-refractivity contribution is 5.90. The quantitative estimate of drug-likeness (QED) is 0.473. The van der Waals surface area contributed by atoms with E-state index in [4.69, 9.17) is 0 Å². The van der Waals surface area contributed by atoms with E-state index in [2.05, 4.69) is 31.1 Å². The van der Waals surface area contributed by atoms with Gasteiger partial charge in [0, 0.05) is 10.9 Å². The van der Waals surface area contributed by atoms with Gasteiger partial charge in [0.05, 0.1) is 11.2 Å². The minimum absolute atomic E-state index is 0.0894. The van der Waals surface area contributed by atoms with Gasteiger partial charge in [-0.15, -0.1) is 13.2 Å². The van der Waals surface area contributed by atoms with E-state index >= 15 is 0 Å². The van der Waals surface area contributed by atoms with Crippen molar-refractivity contribution in [1.82, 2.24) is 9.47 Å². The summed E-state index contributed by atoms with van der Waals surface area (Å²) in [6.45, 7) is 1.80. The largest absolute Gasteiger partial charge is 0.489 e. The van der Waals surface area contributed by atoms with Crippen LogP contribution >= 0.6 is 0 Å². The molecule has 1 atom stereocenters. The molecule has 1 heterocycles. The van der Waals surface area contributed by atoms with E-state index in [1.165, 1.54) is 5.56 Å². The highest BCUT2D eigenvalue weighted by Crippen LogP contribution is 2.43. The molecule has 0 radical (unpaired) electrons. The molecular formula is C25H27F3N2. The summed E-state index contributed by atoms with van der Waals surface area (Å²) < 4.78 is 42.7. The number of rotatable bonds is 4. The zero-order valence-corrected chi connectivity index (χ0v) is 17.6. The number of hydrogen-bond donors (Lipinski definition) is 0. The number of nitrogens with zero attached hydrogens (tertiary/aromatic N) is 2. The van der Waals surface area contributed by atoms with Crippen LogP contribution in [0.2, 0.25) is 0 Å². The number of para-hydroxylation sites is 1. The second kappa shape index (κ2) is 7.62. The van der Waals surface area contributed by atoms with E-state index in [1.54, 1.807) is 31.2 Å². The van der Waals surface area contributed by atoms with Crippen LogP contribution in [-0.4, -0.2) is 29.1 Å². The van der Waals surface area contributed by atoms with Crippen molar-refractivity contribution in [2.75, 3.05) is 14.1 Å². The first-order chi connectivity index (χ1) is 14.2. The molecule has 0 bridgehead atoms. The van der Waals surface area contributed by atoms with E-state index in [0.717, 1.165) is 24.8 Å². The zero-order valence-electron chi connectivity index (χ0n) is 17.6. The summed E-state index contributed by atoms with van der Waals surface area (Å²) in [6, 6.07) is 17.1. The molecule has 2 aromatic carbocycles. The lowest BCUT2D eigenvalue weighted by atomic mass is 9.76. The minimum Gasteiger partial charge on any atom is -0.303 e. The van der Waals surface area contributed by atoms with Crippen LogP contribution in [0, 0.1) is 6.92 Å².